The molecule has 2 N–H and O–H groups in total. The molecule has 3 rings (SSSR count). The number of hydrogen-bond acceptors (Lipinski definition) is 4. The van der Waals surface area contributed by atoms with E-state index >= 15 is 0 Å². The van der Waals surface area contributed by atoms with Crippen LogP contribution in [0.15, 0.2) is 24.3 Å². The number of aliphatic hydroxyl groups is 1. The first-order valence-corrected chi connectivity index (χ1v) is 9.13. The molecule has 2 heterocycles. The van der Waals surface area contributed by atoms with Gasteiger partial charge in [-0.3, -0.25) is 9.59 Å². The van der Waals surface area contributed by atoms with Gasteiger partial charge in [0.1, 0.15) is 0 Å². The number of nitrogens with one attached hydrogen (secondary N) is 1. The zero-order valence-electron chi connectivity index (χ0n) is 14.8. The minimum atomic E-state index is -0.574. The van der Waals surface area contributed by atoms with Crippen molar-refractivity contribution in [2.24, 2.45) is 5.92 Å². The molecular weight excluding hydrogens is 318 g/mol. The molecule has 2 amide bonds. The Morgan fingerprint density at radius 3 is 2.48 bits per heavy atom. The number of carbonyl (C=O) groups is 2. The fourth-order valence-electron chi connectivity index (χ4n) is 3.57. The molecule has 1 aromatic rings. The number of anilines is 1. The van der Waals surface area contributed by atoms with Crippen LogP contribution in [-0.4, -0.2) is 54.1 Å². The summed E-state index contributed by atoms with van der Waals surface area (Å²) in [6, 6.07) is 8.14. The topological polar surface area (TPSA) is 72.9 Å². The highest BCUT2D eigenvalue weighted by atomic mass is 16.3. The lowest BCUT2D eigenvalue weighted by molar-refractivity contribution is -0.145. The molecule has 2 saturated heterocycles. The summed E-state index contributed by atoms with van der Waals surface area (Å²) in [5, 5.41) is 12.3. The van der Waals surface area contributed by atoms with Gasteiger partial charge in [0.2, 0.25) is 0 Å². The van der Waals surface area contributed by atoms with E-state index in [9.17, 15) is 14.7 Å². The minimum absolute atomic E-state index is 0.0647. The Morgan fingerprint density at radius 1 is 1.20 bits per heavy atom. The van der Waals surface area contributed by atoms with Gasteiger partial charge in [-0.15, -0.1) is 0 Å². The zero-order chi connectivity index (χ0) is 17.8. The van der Waals surface area contributed by atoms with Gasteiger partial charge in [-0.2, -0.15) is 0 Å². The first-order valence-electron chi connectivity index (χ1n) is 9.13. The molecule has 2 fully saturated rings. The van der Waals surface area contributed by atoms with Crippen molar-refractivity contribution in [2.75, 3.05) is 31.1 Å². The van der Waals surface area contributed by atoms with Crippen LogP contribution in [0, 0.1) is 5.92 Å². The van der Waals surface area contributed by atoms with Crippen molar-refractivity contribution in [2.45, 2.75) is 38.8 Å². The Bertz CT molecular complexity index is 609. The minimum Gasteiger partial charge on any atom is -0.393 e. The molecule has 1 aromatic carbocycles. The Morgan fingerprint density at radius 2 is 1.88 bits per heavy atom. The average Bonchev–Trinajstić information content (AvgIpc) is 3.31. The number of carbonyl (C=O) groups excluding carboxylic acids is 2. The second-order valence-corrected chi connectivity index (χ2v) is 7.08. The van der Waals surface area contributed by atoms with Crippen molar-refractivity contribution in [3.63, 3.8) is 0 Å². The van der Waals surface area contributed by atoms with Gasteiger partial charge in [-0.05, 0) is 43.9 Å². The van der Waals surface area contributed by atoms with E-state index in [1.807, 2.05) is 12.1 Å². The smallest absolute Gasteiger partial charge is 0.311 e. The second-order valence-electron chi connectivity index (χ2n) is 7.08. The van der Waals surface area contributed by atoms with Crippen molar-refractivity contribution in [1.82, 2.24) is 10.2 Å². The van der Waals surface area contributed by atoms with E-state index in [0.717, 1.165) is 25.1 Å². The monoisotopic (exact) mass is 345 g/mol. The normalized spacial score (nSPS) is 21.4. The van der Waals surface area contributed by atoms with Crippen LogP contribution in [0.3, 0.4) is 0 Å². The Hall–Kier alpha value is -2.08. The third kappa shape index (κ3) is 4.31. The molecule has 6 heteroatoms. The number of nitrogens with zero attached hydrogens (tertiary/aromatic N) is 2. The first-order chi connectivity index (χ1) is 12.0. The summed E-state index contributed by atoms with van der Waals surface area (Å²) >= 11 is 0. The van der Waals surface area contributed by atoms with E-state index in [-0.39, 0.29) is 5.92 Å². The van der Waals surface area contributed by atoms with Gasteiger partial charge in [0.25, 0.3) is 0 Å². The van der Waals surface area contributed by atoms with Crippen LogP contribution >= 0.6 is 0 Å². The highest BCUT2D eigenvalue weighted by molar-refractivity contribution is 6.35. The van der Waals surface area contributed by atoms with Crippen LogP contribution < -0.4 is 10.2 Å². The Balaban J connectivity index is 1.47. The van der Waals surface area contributed by atoms with Gasteiger partial charge in [0.05, 0.1) is 6.10 Å². The third-order valence-corrected chi connectivity index (χ3v) is 5.25. The van der Waals surface area contributed by atoms with Crippen molar-refractivity contribution in [3.05, 3.63) is 29.8 Å². The fourth-order valence-corrected chi connectivity index (χ4v) is 3.57. The zero-order valence-corrected chi connectivity index (χ0v) is 14.8. The largest absolute Gasteiger partial charge is 0.393 e. The molecule has 0 aromatic heterocycles. The predicted molar refractivity (Wildman–Crippen MR) is 96.1 cm³/mol. The van der Waals surface area contributed by atoms with Crippen molar-refractivity contribution < 1.29 is 14.7 Å². The summed E-state index contributed by atoms with van der Waals surface area (Å²) < 4.78 is 0. The molecule has 2 aliphatic heterocycles. The van der Waals surface area contributed by atoms with Crippen LogP contribution in [0.4, 0.5) is 5.69 Å². The molecule has 0 bridgehead atoms. The predicted octanol–water partition coefficient (Wildman–Crippen LogP) is 1.13. The molecular formula is C19H27N3O3. The first kappa shape index (κ1) is 17.7. The van der Waals surface area contributed by atoms with Gasteiger partial charge < -0.3 is 20.2 Å². The van der Waals surface area contributed by atoms with E-state index in [1.165, 1.54) is 23.4 Å². The lowest BCUT2D eigenvalue weighted by Crippen LogP contribution is -2.42. The third-order valence-electron chi connectivity index (χ3n) is 5.25. The lowest BCUT2D eigenvalue weighted by atomic mass is 10.0. The van der Waals surface area contributed by atoms with Gasteiger partial charge >= 0.3 is 11.8 Å². The number of aliphatic hydroxyl groups excluding tert-OH is 1. The van der Waals surface area contributed by atoms with E-state index < -0.39 is 17.9 Å². The number of likely N-dealkylation sites (tertiary alicyclic amines) is 1. The summed E-state index contributed by atoms with van der Waals surface area (Å²) in [6.45, 7) is 5.27. The summed E-state index contributed by atoms with van der Waals surface area (Å²) in [7, 11) is 0. The van der Waals surface area contributed by atoms with Crippen LogP contribution in [0.5, 0.6) is 0 Å². The number of rotatable bonds is 4. The fraction of sp³-hybridized carbons (Fsp3) is 0.579. The maximum atomic E-state index is 12.2. The van der Waals surface area contributed by atoms with Gasteiger partial charge in [-0.1, -0.05) is 12.1 Å². The van der Waals surface area contributed by atoms with Crippen molar-refractivity contribution in [1.29, 1.82) is 0 Å². The van der Waals surface area contributed by atoms with E-state index in [2.05, 4.69) is 22.3 Å². The SMILES string of the molecule is C[C@@H](O)[C@@H]1CCN(C(=O)C(=O)NCc2ccc(N3CCCC3)cc2)C1. The molecule has 0 saturated carbocycles. The molecule has 0 aliphatic carbocycles. The average molecular weight is 345 g/mol. The molecule has 2 atom stereocenters. The van der Waals surface area contributed by atoms with Gasteiger partial charge in [0, 0.05) is 44.3 Å². The second kappa shape index (κ2) is 7.87. The molecule has 0 spiro atoms. The number of hydrogen-bond donors (Lipinski definition) is 2. The van der Waals surface area contributed by atoms with E-state index in [1.54, 1.807) is 6.92 Å². The summed E-state index contributed by atoms with van der Waals surface area (Å²) in [6.07, 6.45) is 2.78. The standard InChI is InChI=1S/C19H27N3O3/c1-14(23)16-8-11-22(13-16)19(25)18(24)20-12-15-4-6-17(7-5-15)21-9-2-3-10-21/h4-7,14,16,23H,2-3,8-13H2,1H3,(H,20,24)/t14-,16-/m1/s1. The van der Waals surface area contributed by atoms with Gasteiger partial charge in [0.15, 0.2) is 0 Å². The van der Waals surface area contributed by atoms with Crippen LogP contribution in [0.25, 0.3) is 0 Å². The summed E-state index contributed by atoms with van der Waals surface area (Å²) in [5.74, 6) is -1.01. The lowest BCUT2D eigenvalue weighted by Gasteiger charge is -2.18. The maximum Gasteiger partial charge on any atom is 0.311 e. The number of amides is 2. The van der Waals surface area contributed by atoms with E-state index in [4.69, 9.17) is 0 Å². The number of benzene rings is 1. The quantitative estimate of drug-likeness (QED) is 0.803. The Kier molecular flexibility index (Phi) is 5.58. The highest BCUT2D eigenvalue weighted by Gasteiger charge is 2.31. The molecule has 25 heavy (non-hydrogen) atoms. The molecule has 0 radical (unpaired) electrons. The molecule has 0 unspecified atom stereocenters. The van der Waals surface area contributed by atoms with Crippen molar-refractivity contribution in [3.8, 4) is 0 Å². The molecule has 6 nitrogen and oxygen atoms in total. The maximum absolute atomic E-state index is 12.2. The highest BCUT2D eigenvalue weighted by Crippen LogP contribution is 2.21. The molecule has 136 valence electrons. The Labute approximate surface area is 148 Å². The van der Waals surface area contributed by atoms with Crippen LogP contribution in [-0.2, 0) is 16.1 Å². The molecule has 2 aliphatic rings. The summed E-state index contributed by atoms with van der Waals surface area (Å²) in [4.78, 5) is 28.2. The van der Waals surface area contributed by atoms with E-state index in [0.29, 0.717) is 19.6 Å². The van der Waals surface area contributed by atoms with Crippen LogP contribution in [0.1, 0.15) is 31.7 Å². The van der Waals surface area contributed by atoms with Gasteiger partial charge in [-0.25, -0.2) is 0 Å². The van der Waals surface area contributed by atoms with Crippen LogP contribution in [0.2, 0.25) is 0 Å². The summed E-state index contributed by atoms with van der Waals surface area (Å²) in [5.41, 5.74) is 2.19. The van der Waals surface area contributed by atoms with Crippen molar-refractivity contribution >= 4 is 17.5 Å².